The lowest BCUT2D eigenvalue weighted by molar-refractivity contribution is -0.111. The average molecular weight is 577 g/mol. The van der Waals surface area contributed by atoms with Crippen LogP contribution in [0.25, 0.3) is 0 Å². The first kappa shape index (κ1) is 32.9. The van der Waals surface area contributed by atoms with Gasteiger partial charge in [0.25, 0.3) is 0 Å². The highest BCUT2D eigenvalue weighted by atomic mass is 32.2. The van der Waals surface area contributed by atoms with E-state index in [4.69, 9.17) is 14.2 Å². The van der Waals surface area contributed by atoms with E-state index in [0.29, 0.717) is 26.2 Å². The summed E-state index contributed by atoms with van der Waals surface area (Å²) in [5.41, 5.74) is 2.21. The fourth-order valence-corrected chi connectivity index (χ4v) is 5.98. The minimum atomic E-state index is -0.862. The molecular formula is C36H48O4S. The number of rotatable bonds is 20. The van der Waals surface area contributed by atoms with E-state index in [1.54, 1.807) is 7.11 Å². The van der Waals surface area contributed by atoms with Crippen molar-refractivity contribution in [2.75, 3.05) is 26.9 Å². The third-order valence-electron chi connectivity index (χ3n) is 7.32. The van der Waals surface area contributed by atoms with Crippen molar-refractivity contribution < 1.29 is 19.0 Å². The third kappa shape index (κ3) is 10.3. The van der Waals surface area contributed by atoms with E-state index in [0.717, 1.165) is 54.5 Å². The van der Waals surface area contributed by atoms with Crippen molar-refractivity contribution in [2.45, 2.75) is 82.5 Å². The van der Waals surface area contributed by atoms with Gasteiger partial charge in [-0.3, -0.25) is 4.79 Å². The first-order valence-electron chi connectivity index (χ1n) is 15.3. The van der Waals surface area contributed by atoms with Crippen LogP contribution in [0.2, 0.25) is 0 Å². The smallest absolute Gasteiger partial charge is 0.189 e. The molecule has 3 aromatic rings. The van der Waals surface area contributed by atoms with Gasteiger partial charge in [0, 0.05) is 13.0 Å². The molecule has 0 aliphatic carbocycles. The summed E-state index contributed by atoms with van der Waals surface area (Å²) >= 11 is 1.40. The van der Waals surface area contributed by atoms with Gasteiger partial charge in [-0.2, -0.15) is 0 Å². The zero-order valence-electron chi connectivity index (χ0n) is 25.2. The number of carbonyl (C=O) groups is 1. The van der Waals surface area contributed by atoms with Crippen molar-refractivity contribution in [3.63, 3.8) is 0 Å². The molecule has 0 amide bonds. The monoisotopic (exact) mass is 576 g/mol. The van der Waals surface area contributed by atoms with Gasteiger partial charge in [0.2, 0.25) is 0 Å². The van der Waals surface area contributed by atoms with E-state index in [2.05, 4.69) is 50.2 Å². The van der Waals surface area contributed by atoms with Crippen LogP contribution in [0.3, 0.4) is 0 Å². The highest BCUT2D eigenvalue weighted by Gasteiger charge is 2.38. The number of thioether (sulfide) groups is 1. The molecule has 0 fully saturated rings. The van der Waals surface area contributed by atoms with Crippen LogP contribution in [-0.4, -0.2) is 37.3 Å². The minimum Gasteiger partial charge on any atom is -0.497 e. The van der Waals surface area contributed by atoms with Crippen LogP contribution < -0.4 is 4.74 Å². The molecule has 1 atom stereocenters. The highest BCUT2D eigenvalue weighted by molar-refractivity contribution is 8.14. The van der Waals surface area contributed by atoms with E-state index in [1.165, 1.54) is 31.0 Å². The van der Waals surface area contributed by atoms with Crippen molar-refractivity contribution >= 4 is 16.9 Å². The summed E-state index contributed by atoms with van der Waals surface area (Å²) in [6, 6.07) is 28.8. The predicted octanol–water partition coefficient (Wildman–Crippen LogP) is 9.20. The lowest BCUT2D eigenvalue weighted by Gasteiger charge is -2.37. The second-order valence-corrected chi connectivity index (χ2v) is 11.9. The van der Waals surface area contributed by atoms with E-state index in [1.807, 2.05) is 48.5 Å². The molecule has 41 heavy (non-hydrogen) atoms. The molecule has 0 heterocycles. The van der Waals surface area contributed by atoms with E-state index in [9.17, 15) is 4.79 Å². The van der Waals surface area contributed by atoms with Gasteiger partial charge in [0.1, 0.15) is 11.4 Å². The van der Waals surface area contributed by atoms with E-state index in [-0.39, 0.29) is 10.4 Å². The van der Waals surface area contributed by atoms with Gasteiger partial charge >= 0.3 is 0 Å². The number of methoxy groups -OCH3 is 1. The Morgan fingerprint density at radius 3 is 1.85 bits per heavy atom. The van der Waals surface area contributed by atoms with Crippen LogP contribution in [0.4, 0.5) is 0 Å². The Bertz CT molecular complexity index is 1060. The minimum absolute atomic E-state index is 0.107. The number of benzene rings is 3. The number of ether oxygens (including phenoxy) is 3. The maximum absolute atomic E-state index is 13.1. The first-order chi connectivity index (χ1) is 20.1. The van der Waals surface area contributed by atoms with Crippen LogP contribution in [0.1, 0.15) is 88.3 Å². The summed E-state index contributed by atoms with van der Waals surface area (Å²) in [7, 11) is 1.68. The first-order valence-corrected chi connectivity index (χ1v) is 16.2. The molecule has 0 bridgehead atoms. The maximum Gasteiger partial charge on any atom is 0.189 e. The van der Waals surface area contributed by atoms with Crippen molar-refractivity contribution in [3.05, 3.63) is 102 Å². The van der Waals surface area contributed by atoms with Gasteiger partial charge in [-0.25, -0.2) is 0 Å². The van der Waals surface area contributed by atoms with Crippen LogP contribution >= 0.6 is 11.8 Å². The number of hydrogen-bond donors (Lipinski definition) is 0. The Morgan fingerprint density at radius 1 is 0.707 bits per heavy atom. The lowest BCUT2D eigenvalue weighted by atomic mass is 9.80. The molecule has 0 aliphatic rings. The summed E-state index contributed by atoms with van der Waals surface area (Å²) in [5, 5.41) is 0.117. The Balaban J connectivity index is 1.89. The topological polar surface area (TPSA) is 44.8 Å². The van der Waals surface area contributed by atoms with Crippen molar-refractivity contribution in [2.24, 2.45) is 0 Å². The van der Waals surface area contributed by atoms with Crippen LogP contribution in [0.5, 0.6) is 5.75 Å². The number of hydrogen-bond acceptors (Lipinski definition) is 5. The molecule has 0 aliphatic heterocycles. The predicted molar refractivity (Wildman–Crippen MR) is 172 cm³/mol. The van der Waals surface area contributed by atoms with Gasteiger partial charge in [0.15, 0.2) is 5.12 Å². The second kappa shape index (κ2) is 18.8. The average Bonchev–Trinajstić information content (AvgIpc) is 3.02. The zero-order valence-corrected chi connectivity index (χ0v) is 26.0. The Kier molecular flexibility index (Phi) is 15.1. The van der Waals surface area contributed by atoms with Crippen LogP contribution in [0.15, 0.2) is 84.9 Å². The molecule has 4 nitrogen and oxygen atoms in total. The second-order valence-electron chi connectivity index (χ2n) is 10.5. The largest absolute Gasteiger partial charge is 0.497 e. The summed E-state index contributed by atoms with van der Waals surface area (Å²) in [6.07, 6.45) is 9.61. The standard InChI is InChI=1S/C36H48O4S/c1-4-6-8-9-16-22-35(37)41-34(28-39-27-17-7-5-2)29-40-36(30-18-12-10-13-19-30,31-20-14-11-15-21-31)32-23-25-33(38-3)26-24-32/h10-15,18-21,23-26,34H,4-9,16-17,22,27-29H2,1-3H3/t34-/m1/s1. The molecule has 5 heteroatoms. The third-order valence-corrected chi connectivity index (χ3v) is 8.39. The van der Waals surface area contributed by atoms with Gasteiger partial charge in [-0.1, -0.05) is 137 Å². The molecule has 0 radical (unpaired) electrons. The molecule has 3 aromatic carbocycles. The van der Waals surface area contributed by atoms with Crippen LogP contribution in [0, 0.1) is 0 Å². The maximum atomic E-state index is 13.1. The van der Waals surface area contributed by atoms with Gasteiger partial charge in [-0.15, -0.1) is 0 Å². The lowest BCUT2D eigenvalue weighted by Crippen LogP contribution is -2.36. The fourth-order valence-electron chi connectivity index (χ4n) is 5.04. The van der Waals surface area contributed by atoms with Crippen molar-refractivity contribution in [1.82, 2.24) is 0 Å². The molecule has 0 N–H and O–H groups in total. The number of carbonyl (C=O) groups excluding carboxylic acids is 1. The van der Waals surface area contributed by atoms with Gasteiger partial charge in [-0.05, 0) is 41.7 Å². The molecule has 0 saturated carbocycles. The summed E-state index contributed by atoms with van der Waals surface area (Å²) in [5.74, 6) is 0.794. The Labute approximate surface area is 252 Å². The summed E-state index contributed by atoms with van der Waals surface area (Å²) in [6.45, 7) is 5.96. The summed E-state index contributed by atoms with van der Waals surface area (Å²) < 4.78 is 18.6. The molecule has 0 aromatic heterocycles. The van der Waals surface area contributed by atoms with Crippen LogP contribution in [-0.2, 0) is 19.9 Å². The number of unbranched alkanes of at least 4 members (excludes halogenated alkanes) is 6. The molecular weight excluding hydrogens is 528 g/mol. The van der Waals surface area contributed by atoms with E-state index < -0.39 is 5.60 Å². The van der Waals surface area contributed by atoms with E-state index >= 15 is 0 Å². The zero-order chi connectivity index (χ0) is 29.2. The van der Waals surface area contributed by atoms with Gasteiger partial charge < -0.3 is 14.2 Å². The normalized spacial score (nSPS) is 12.3. The molecule has 0 saturated heterocycles. The van der Waals surface area contributed by atoms with Gasteiger partial charge in [0.05, 0.1) is 25.6 Å². The molecule has 0 unspecified atom stereocenters. The van der Waals surface area contributed by atoms with Crippen molar-refractivity contribution in [1.29, 1.82) is 0 Å². The SMILES string of the molecule is CCCCCCCC(=O)S[C@H](COCCCCC)COC(c1ccccc1)(c1ccccc1)c1ccc(OC)cc1. The Hall–Kier alpha value is -2.60. The van der Waals surface area contributed by atoms with Crippen molar-refractivity contribution in [3.8, 4) is 5.75 Å². The summed E-state index contributed by atoms with van der Waals surface area (Å²) in [4.78, 5) is 13.1. The molecule has 0 spiro atoms. The fraction of sp³-hybridized carbons (Fsp3) is 0.472. The Morgan fingerprint density at radius 2 is 1.27 bits per heavy atom. The molecule has 222 valence electrons. The quantitative estimate of drug-likeness (QED) is 0.0991. The molecule has 3 rings (SSSR count). The highest BCUT2D eigenvalue weighted by Crippen LogP contribution is 2.41.